The summed E-state index contributed by atoms with van der Waals surface area (Å²) in [6.45, 7) is 5.08. The van der Waals surface area contributed by atoms with E-state index in [9.17, 15) is 19.1 Å². The molecule has 0 radical (unpaired) electrons. The molecule has 0 unspecified atom stereocenters. The molecule has 2 rings (SSSR count). The van der Waals surface area contributed by atoms with Crippen molar-refractivity contribution in [3.63, 3.8) is 0 Å². The van der Waals surface area contributed by atoms with Gasteiger partial charge in [-0.1, -0.05) is 18.2 Å². The van der Waals surface area contributed by atoms with Crippen molar-refractivity contribution in [3.8, 4) is 17.0 Å². The van der Waals surface area contributed by atoms with Crippen molar-refractivity contribution in [2.24, 2.45) is 0 Å². The summed E-state index contributed by atoms with van der Waals surface area (Å²) in [4.78, 5) is 25.8. The van der Waals surface area contributed by atoms with E-state index in [0.29, 0.717) is 0 Å². The molecule has 6 heteroatoms. The fraction of sp³-hybridized carbons (Fsp3) is 0.286. The summed E-state index contributed by atoms with van der Waals surface area (Å²) < 4.78 is 14.8. The lowest BCUT2D eigenvalue weighted by atomic mass is 10.1. The zero-order valence-electron chi connectivity index (χ0n) is 11.4. The molecule has 106 valence electrons. The van der Waals surface area contributed by atoms with Gasteiger partial charge in [0.2, 0.25) is 5.88 Å². The summed E-state index contributed by atoms with van der Waals surface area (Å²) in [5.41, 5.74) is -2.62. The van der Waals surface area contributed by atoms with Crippen molar-refractivity contribution >= 4 is 0 Å². The molecule has 0 aliphatic carbocycles. The Labute approximate surface area is 114 Å². The molecule has 0 atom stereocenters. The molecule has 0 aliphatic rings. The lowest BCUT2D eigenvalue weighted by Gasteiger charge is -2.24. The van der Waals surface area contributed by atoms with Gasteiger partial charge in [-0.25, -0.2) is 9.18 Å². The summed E-state index contributed by atoms with van der Waals surface area (Å²) in [6, 6.07) is 5.57. The molecule has 0 saturated carbocycles. The van der Waals surface area contributed by atoms with Crippen molar-refractivity contribution in [1.82, 2.24) is 9.55 Å². The zero-order chi connectivity index (χ0) is 15.1. The van der Waals surface area contributed by atoms with Crippen LogP contribution in [0.4, 0.5) is 4.39 Å². The van der Waals surface area contributed by atoms with Gasteiger partial charge in [-0.3, -0.25) is 14.3 Å². The molecular weight excluding hydrogens is 263 g/mol. The van der Waals surface area contributed by atoms with Gasteiger partial charge in [0.25, 0.3) is 5.56 Å². The van der Waals surface area contributed by atoms with E-state index in [2.05, 4.69) is 4.98 Å². The maximum Gasteiger partial charge on any atom is 0.331 e. The number of H-pyrrole nitrogens is 1. The first-order valence-corrected chi connectivity index (χ1v) is 6.07. The molecule has 0 amide bonds. The van der Waals surface area contributed by atoms with Crippen LogP contribution in [0.2, 0.25) is 0 Å². The highest BCUT2D eigenvalue weighted by atomic mass is 19.1. The van der Waals surface area contributed by atoms with Crippen LogP contribution in [0.25, 0.3) is 11.1 Å². The Morgan fingerprint density at radius 3 is 2.35 bits per heavy atom. The van der Waals surface area contributed by atoms with Crippen molar-refractivity contribution in [1.29, 1.82) is 0 Å². The van der Waals surface area contributed by atoms with Crippen LogP contribution in [0.5, 0.6) is 5.88 Å². The highest BCUT2D eigenvalue weighted by molar-refractivity contribution is 5.67. The van der Waals surface area contributed by atoms with Gasteiger partial charge >= 0.3 is 5.69 Å². The number of rotatable bonds is 1. The molecule has 0 bridgehead atoms. The highest BCUT2D eigenvalue weighted by Gasteiger charge is 2.24. The number of aromatic amines is 1. The van der Waals surface area contributed by atoms with Gasteiger partial charge in [0.1, 0.15) is 11.4 Å². The van der Waals surface area contributed by atoms with Crippen LogP contribution in [0, 0.1) is 5.82 Å². The minimum Gasteiger partial charge on any atom is -0.494 e. The molecular formula is C14H15FN2O3. The highest BCUT2D eigenvalue weighted by Crippen LogP contribution is 2.29. The molecule has 0 aliphatic heterocycles. The molecule has 1 heterocycles. The number of nitrogens with one attached hydrogen (secondary N) is 1. The Morgan fingerprint density at radius 1 is 1.20 bits per heavy atom. The standard InChI is InChI=1S/C14H15FN2O3/c1-14(2,3)17-12(19)10(11(18)16-13(17)20)8-6-4-5-7-9(8)15/h4-7,19H,1-3H3,(H,16,18,20). The Balaban J connectivity index is 2.90. The monoisotopic (exact) mass is 278 g/mol. The first-order valence-electron chi connectivity index (χ1n) is 6.07. The Morgan fingerprint density at radius 2 is 1.80 bits per heavy atom. The van der Waals surface area contributed by atoms with E-state index in [0.717, 1.165) is 4.57 Å². The van der Waals surface area contributed by atoms with E-state index < -0.39 is 28.5 Å². The Hall–Kier alpha value is -2.37. The lowest BCUT2D eigenvalue weighted by Crippen LogP contribution is -2.39. The summed E-state index contributed by atoms with van der Waals surface area (Å²) in [5.74, 6) is -1.19. The average molecular weight is 278 g/mol. The van der Waals surface area contributed by atoms with Gasteiger partial charge in [-0.05, 0) is 26.8 Å². The smallest absolute Gasteiger partial charge is 0.331 e. The number of aromatic nitrogens is 2. The fourth-order valence-electron chi connectivity index (χ4n) is 2.05. The van der Waals surface area contributed by atoms with E-state index in [1.165, 1.54) is 18.2 Å². The maximum atomic E-state index is 13.8. The Bertz CT molecular complexity index is 769. The maximum absolute atomic E-state index is 13.8. The topological polar surface area (TPSA) is 75.1 Å². The van der Waals surface area contributed by atoms with Gasteiger partial charge in [0.05, 0.1) is 0 Å². The molecule has 1 aromatic heterocycles. The number of hydrogen-bond acceptors (Lipinski definition) is 3. The molecule has 0 spiro atoms. The van der Waals surface area contributed by atoms with Gasteiger partial charge in [0, 0.05) is 11.1 Å². The quantitative estimate of drug-likeness (QED) is 0.835. The third kappa shape index (κ3) is 2.24. The van der Waals surface area contributed by atoms with E-state index in [4.69, 9.17) is 0 Å². The van der Waals surface area contributed by atoms with Gasteiger partial charge < -0.3 is 5.11 Å². The predicted octanol–water partition coefficient (Wildman–Crippen LogP) is 1.80. The van der Waals surface area contributed by atoms with E-state index >= 15 is 0 Å². The molecule has 0 fully saturated rings. The van der Waals surface area contributed by atoms with Crippen molar-refractivity contribution in [2.45, 2.75) is 26.3 Å². The summed E-state index contributed by atoms with van der Waals surface area (Å²) in [5, 5.41) is 10.2. The zero-order valence-corrected chi connectivity index (χ0v) is 11.4. The van der Waals surface area contributed by atoms with E-state index in [1.54, 1.807) is 26.8 Å². The predicted molar refractivity (Wildman–Crippen MR) is 73.4 cm³/mol. The minimum absolute atomic E-state index is 0.0516. The third-order valence-electron chi connectivity index (χ3n) is 2.90. The number of hydrogen-bond donors (Lipinski definition) is 2. The fourth-order valence-corrected chi connectivity index (χ4v) is 2.05. The Kier molecular flexibility index (Phi) is 3.25. The second-order valence-electron chi connectivity index (χ2n) is 5.44. The molecule has 2 N–H and O–H groups in total. The second-order valence-corrected chi connectivity index (χ2v) is 5.44. The van der Waals surface area contributed by atoms with Crippen LogP contribution >= 0.6 is 0 Å². The number of aromatic hydroxyl groups is 1. The average Bonchev–Trinajstić information content (AvgIpc) is 2.28. The van der Waals surface area contributed by atoms with Gasteiger partial charge in [-0.2, -0.15) is 0 Å². The largest absolute Gasteiger partial charge is 0.494 e. The first kappa shape index (κ1) is 14.0. The van der Waals surface area contributed by atoms with Crippen LogP contribution in [-0.2, 0) is 5.54 Å². The summed E-state index contributed by atoms with van der Waals surface area (Å²) in [7, 11) is 0. The lowest BCUT2D eigenvalue weighted by molar-refractivity contribution is 0.307. The summed E-state index contributed by atoms with van der Waals surface area (Å²) >= 11 is 0. The van der Waals surface area contributed by atoms with Crippen LogP contribution in [0.1, 0.15) is 20.8 Å². The second kappa shape index (κ2) is 4.63. The molecule has 20 heavy (non-hydrogen) atoms. The number of nitrogens with zero attached hydrogens (tertiary/aromatic N) is 1. The van der Waals surface area contributed by atoms with E-state index in [1.807, 2.05) is 0 Å². The van der Waals surface area contributed by atoms with Gasteiger partial charge in [0.15, 0.2) is 0 Å². The van der Waals surface area contributed by atoms with Crippen LogP contribution in [-0.4, -0.2) is 14.7 Å². The van der Waals surface area contributed by atoms with Crippen molar-refractivity contribution < 1.29 is 9.50 Å². The molecule has 0 saturated heterocycles. The normalized spacial score (nSPS) is 11.6. The van der Waals surface area contributed by atoms with Crippen LogP contribution < -0.4 is 11.2 Å². The molecule has 2 aromatic rings. The van der Waals surface area contributed by atoms with Crippen LogP contribution in [0.15, 0.2) is 33.9 Å². The van der Waals surface area contributed by atoms with Gasteiger partial charge in [-0.15, -0.1) is 0 Å². The number of halogens is 1. The van der Waals surface area contributed by atoms with Crippen molar-refractivity contribution in [2.75, 3.05) is 0 Å². The number of benzene rings is 1. The van der Waals surface area contributed by atoms with E-state index in [-0.39, 0.29) is 11.1 Å². The first-order chi connectivity index (χ1) is 9.23. The molecule has 1 aromatic carbocycles. The SMILES string of the molecule is CC(C)(C)n1c(O)c(-c2ccccc2F)c(=O)[nH]c1=O. The minimum atomic E-state index is -0.821. The van der Waals surface area contributed by atoms with Crippen LogP contribution in [0.3, 0.4) is 0 Å². The summed E-state index contributed by atoms with van der Waals surface area (Å²) in [6.07, 6.45) is 0. The molecule has 5 nitrogen and oxygen atoms in total. The third-order valence-corrected chi connectivity index (χ3v) is 2.90. The van der Waals surface area contributed by atoms with Crippen molar-refractivity contribution in [3.05, 3.63) is 50.9 Å².